The standard InChI is InChI=1S/C17H27N3O2/c1-18-8-2-4-14(18)15-5-3-9-19(15)17(22)12-10-16(21)20(11-12)13-6-7-13/h12-15H,2-11H2,1H3. The predicted molar refractivity (Wildman–Crippen MR) is 83.2 cm³/mol. The number of rotatable bonds is 3. The zero-order valence-corrected chi connectivity index (χ0v) is 13.5. The van der Waals surface area contributed by atoms with Crippen LogP contribution in [0.4, 0.5) is 0 Å². The molecule has 0 aromatic heterocycles. The Bertz CT molecular complexity index is 477. The maximum Gasteiger partial charge on any atom is 0.228 e. The van der Waals surface area contributed by atoms with Gasteiger partial charge in [0.15, 0.2) is 0 Å². The number of hydrogen-bond acceptors (Lipinski definition) is 3. The summed E-state index contributed by atoms with van der Waals surface area (Å²) in [7, 11) is 2.19. The van der Waals surface area contributed by atoms with E-state index in [0.29, 0.717) is 31.1 Å². The van der Waals surface area contributed by atoms with Gasteiger partial charge in [-0.25, -0.2) is 0 Å². The Balaban J connectivity index is 1.44. The van der Waals surface area contributed by atoms with Gasteiger partial charge < -0.3 is 14.7 Å². The molecule has 3 heterocycles. The van der Waals surface area contributed by atoms with Crippen LogP contribution in [0.15, 0.2) is 0 Å². The van der Waals surface area contributed by atoms with Gasteiger partial charge in [0.05, 0.1) is 5.92 Å². The minimum absolute atomic E-state index is 0.0830. The lowest BCUT2D eigenvalue weighted by atomic mass is 10.0. The second-order valence-electron chi connectivity index (χ2n) is 7.61. The second kappa shape index (κ2) is 5.52. The average molecular weight is 305 g/mol. The molecule has 0 spiro atoms. The van der Waals surface area contributed by atoms with Crippen molar-refractivity contribution in [2.45, 2.75) is 63.1 Å². The zero-order chi connectivity index (χ0) is 15.3. The van der Waals surface area contributed by atoms with Crippen LogP contribution in [0.5, 0.6) is 0 Å². The van der Waals surface area contributed by atoms with Crippen molar-refractivity contribution in [3.8, 4) is 0 Å². The lowest BCUT2D eigenvalue weighted by Gasteiger charge is -2.34. The van der Waals surface area contributed by atoms with Crippen molar-refractivity contribution in [1.29, 1.82) is 0 Å². The van der Waals surface area contributed by atoms with Gasteiger partial charge in [0.1, 0.15) is 0 Å². The first kappa shape index (κ1) is 14.5. The summed E-state index contributed by atoms with van der Waals surface area (Å²) in [6.45, 7) is 2.72. The van der Waals surface area contributed by atoms with Gasteiger partial charge in [-0.05, 0) is 52.1 Å². The van der Waals surface area contributed by atoms with Crippen LogP contribution in [0.2, 0.25) is 0 Å². The molecule has 0 aromatic carbocycles. The van der Waals surface area contributed by atoms with Gasteiger partial charge in [-0.1, -0.05) is 0 Å². The van der Waals surface area contributed by atoms with E-state index in [1.807, 2.05) is 4.90 Å². The SMILES string of the molecule is CN1CCCC1C1CCCN1C(=O)C1CC(=O)N(C2CC2)C1. The van der Waals surface area contributed by atoms with Gasteiger partial charge in [0.2, 0.25) is 11.8 Å². The molecule has 0 radical (unpaired) electrons. The molecule has 3 aliphatic heterocycles. The van der Waals surface area contributed by atoms with Crippen molar-refractivity contribution in [2.75, 3.05) is 26.7 Å². The summed E-state index contributed by atoms with van der Waals surface area (Å²) in [6, 6.07) is 1.36. The second-order valence-corrected chi connectivity index (χ2v) is 7.61. The van der Waals surface area contributed by atoms with Crippen LogP contribution in [0, 0.1) is 5.92 Å². The number of carbonyl (C=O) groups excluding carboxylic acids is 2. The van der Waals surface area contributed by atoms with Crippen LogP contribution in [0.1, 0.15) is 44.9 Å². The van der Waals surface area contributed by atoms with Crippen LogP contribution >= 0.6 is 0 Å². The largest absolute Gasteiger partial charge is 0.339 e. The number of carbonyl (C=O) groups is 2. The summed E-state index contributed by atoms with van der Waals surface area (Å²) in [6.07, 6.45) is 7.41. The van der Waals surface area contributed by atoms with Crippen molar-refractivity contribution in [3.05, 3.63) is 0 Å². The van der Waals surface area contributed by atoms with E-state index < -0.39 is 0 Å². The van der Waals surface area contributed by atoms with E-state index in [1.54, 1.807) is 0 Å². The van der Waals surface area contributed by atoms with Crippen LogP contribution in [0.3, 0.4) is 0 Å². The molecule has 0 N–H and O–H groups in total. The van der Waals surface area contributed by atoms with E-state index in [1.165, 1.54) is 12.8 Å². The number of likely N-dealkylation sites (tertiary alicyclic amines) is 3. The molecule has 3 atom stereocenters. The third-order valence-corrected chi connectivity index (χ3v) is 6.10. The Morgan fingerprint density at radius 2 is 1.77 bits per heavy atom. The average Bonchev–Trinajstić information content (AvgIpc) is 2.91. The number of likely N-dealkylation sites (N-methyl/N-ethyl adjacent to an activating group) is 1. The Labute approximate surface area is 132 Å². The van der Waals surface area contributed by atoms with Crippen molar-refractivity contribution in [2.24, 2.45) is 5.92 Å². The molecule has 1 saturated carbocycles. The molecule has 3 unspecified atom stereocenters. The summed E-state index contributed by atoms with van der Waals surface area (Å²) in [4.78, 5) is 31.6. The van der Waals surface area contributed by atoms with Crippen LogP contribution in [-0.4, -0.2) is 71.3 Å². The Hall–Kier alpha value is -1.10. The van der Waals surface area contributed by atoms with Crippen LogP contribution < -0.4 is 0 Å². The fourth-order valence-corrected chi connectivity index (χ4v) is 4.76. The quantitative estimate of drug-likeness (QED) is 0.784. The number of nitrogens with zero attached hydrogens (tertiary/aromatic N) is 3. The summed E-state index contributed by atoms with van der Waals surface area (Å²) in [5.74, 6) is 0.370. The highest BCUT2D eigenvalue weighted by atomic mass is 16.2. The van der Waals surface area contributed by atoms with Crippen molar-refractivity contribution < 1.29 is 9.59 Å². The molecule has 5 heteroatoms. The molecule has 0 bridgehead atoms. The van der Waals surface area contributed by atoms with Gasteiger partial charge in [0, 0.05) is 37.6 Å². The van der Waals surface area contributed by atoms with E-state index in [0.717, 1.165) is 38.8 Å². The number of amides is 2. The van der Waals surface area contributed by atoms with Gasteiger partial charge in [-0.3, -0.25) is 9.59 Å². The number of hydrogen-bond donors (Lipinski definition) is 0. The highest BCUT2D eigenvalue weighted by molar-refractivity contribution is 5.89. The summed E-state index contributed by atoms with van der Waals surface area (Å²) in [5, 5.41) is 0. The lowest BCUT2D eigenvalue weighted by Crippen LogP contribution is -2.49. The molecule has 4 rings (SSSR count). The first-order valence-corrected chi connectivity index (χ1v) is 8.95. The molecule has 0 aromatic rings. The molecule has 22 heavy (non-hydrogen) atoms. The van der Waals surface area contributed by atoms with E-state index in [2.05, 4.69) is 16.8 Å². The Morgan fingerprint density at radius 3 is 2.45 bits per heavy atom. The molecule has 5 nitrogen and oxygen atoms in total. The first-order valence-electron chi connectivity index (χ1n) is 8.95. The minimum atomic E-state index is -0.0830. The minimum Gasteiger partial charge on any atom is -0.339 e. The van der Waals surface area contributed by atoms with E-state index >= 15 is 0 Å². The molecular formula is C17H27N3O2. The van der Waals surface area contributed by atoms with Gasteiger partial charge in [-0.15, -0.1) is 0 Å². The molecule has 122 valence electrons. The third kappa shape index (κ3) is 2.43. The van der Waals surface area contributed by atoms with Crippen LogP contribution in [0.25, 0.3) is 0 Å². The highest BCUT2D eigenvalue weighted by Gasteiger charge is 2.46. The molecule has 2 amide bonds. The van der Waals surface area contributed by atoms with Crippen LogP contribution in [-0.2, 0) is 9.59 Å². The van der Waals surface area contributed by atoms with Gasteiger partial charge in [0.25, 0.3) is 0 Å². The monoisotopic (exact) mass is 305 g/mol. The topological polar surface area (TPSA) is 43.9 Å². The summed E-state index contributed by atoms with van der Waals surface area (Å²) >= 11 is 0. The summed E-state index contributed by atoms with van der Waals surface area (Å²) in [5.41, 5.74) is 0. The predicted octanol–water partition coefficient (Wildman–Crippen LogP) is 1.08. The van der Waals surface area contributed by atoms with Gasteiger partial charge in [-0.2, -0.15) is 0 Å². The van der Waals surface area contributed by atoms with E-state index in [-0.39, 0.29) is 17.7 Å². The highest BCUT2D eigenvalue weighted by Crippen LogP contribution is 2.35. The molecule has 4 fully saturated rings. The zero-order valence-electron chi connectivity index (χ0n) is 13.5. The summed E-state index contributed by atoms with van der Waals surface area (Å²) < 4.78 is 0. The Kier molecular flexibility index (Phi) is 3.63. The third-order valence-electron chi connectivity index (χ3n) is 6.10. The maximum absolute atomic E-state index is 13.0. The van der Waals surface area contributed by atoms with Crippen molar-refractivity contribution >= 4 is 11.8 Å². The molecular weight excluding hydrogens is 278 g/mol. The van der Waals surface area contributed by atoms with Crippen molar-refractivity contribution in [1.82, 2.24) is 14.7 Å². The molecule has 4 aliphatic rings. The Morgan fingerprint density at radius 1 is 1.05 bits per heavy atom. The molecule has 1 aliphatic carbocycles. The van der Waals surface area contributed by atoms with Gasteiger partial charge >= 0.3 is 0 Å². The lowest BCUT2D eigenvalue weighted by molar-refractivity contribution is -0.137. The molecule has 3 saturated heterocycles. The first-order chi connectivity index (χ1) is 10.6. The van der Waals surface area contributed by atoms with E-state index in [9.17, 15) is 9.59 Å². The fourth-order valence-electron chi connectivity index (χ4n) is 4.76. The van der Waals surface area contributed by atoms with Crippen molar-refractivity contribution in [3.63, 3.8) is 0 Å². The normalized spacial score (nSPS) is 36.6. The maximum atomic E-state index is 13.0. The fraction of sp³-hybridized carbons (Fsp3) is 0.882. The van der Waals surface area contributed by atoms with E-state index in [4.69, 9.17) is 0 Å². The smallest absolute Gasteiger partial charge is 0.228 e.